The summed E-state index contributed by atoms with van der Waals surface area (Å²) in [4.78, 5) is 23.3. The minimum Gasteiger partial charge on any atom is -0.465 e. The van der Waals surface area contributed by atoms with Crippen LogP contribution in [0.25, 0.3) is 0 Å². The Labute approximate surface area is 155 Å². The first-order chi connectivity index (χ1) is 12.1. The molecule has 0 saturated carbocycles. The maximum absolute atomic E-state index is 11.7. The first kappa shape index (κ1) is 23.9. The van der Waals surface area contributed by atoms with E-state index >= 15 is 0 Å². The number of carbonyl (C=O) groups excluding carboxylic acids is 2. The van der Waals surface area contributed by atoms with E-state index in [9.17, 15) is 9.59 Å². The third kappa shape index (κ3) is 13.9. The summed E-state index contributed by atoms with van der Waals surface area (Å²) in [6.45, 7) is 9.64. The average Bonchev–Trinajstić information content (AvgIpc) is 2.62. The Balaban J connectivity index is 3.48. The van der Waals surface area contributed by atoms with Gasteiger partial charge in [-0.25, -0.2) is 0 Å². The summed E-state index contributed by atoms with van der Waals surface area (Å²) in [6.07, 6.45) is 10.1. The minimum atomic E-state index is -0.0723. The lowest BCUT2D eigenvalue weighted by atomic mass is 10.1. The molecule has 0 bridgehead atoms. The summed E-state index contributed by atoms with van der Waals surface area (Å²) in [5, 5.41) is 0. The Kier molecular flexibility index (Phi) is 15.7. The molecule has 0 aromatic heterocycles. The molecule has 0 aliphatic carbocycles. The van der Waals surface area contributed by atoms with Crippen LogP contribution in [0, 0.1) is 11.8 Å². The van der Waals surface area contributed by atoms with Crippen molar-refractivity contribution in [3.05, 3.63) is 0 Å². The lowest BCUT2D eigenvalue weighted by Crippen LogP contribution is -2.13. The highest BCUT2D eigenvalue weighted by atomic mass is 16.5. The highest BCUT2D eigenvalue weighted by Gasteiger charge is 2.09. The second-order valence-corrected chi connectivity index (χ2v) is 7.00. The van der Waals surface area contributed by atoms with Crippen LogP contribution in [0.3, 0.4) is 0 Å². The van der Waals surface area contributed by atoms with Crippen molar-refractivity contribution in [1.82, 2.24) is 0 Å². The SMILES string of the molecule is CCC(CC)COC(=O)CCCCCCCC(=O)OCC(CC)CC. The summed E-state index contributed by atoms with van der Waals surface area (Å²) in [5.74, 6) is 0.844. The van der Waals surface area contributed by atoms with Crippen molar-refractivity contribution < 1.29 is 19.1 Å². The van der Waals surface area contributed by atoms with Crippen molar-refractivity contribution in [3.8, 4) is 0 Å². The maximum Gasteiger partial charge on any atom is 0.305 e. The molecule has 25 heavy (non-hydrogen) atoms. The molecule has 0 aromatic carbocycles. The Hall–Kier alpha value is -1.06. The molecule has 0 saturated heterocycles. The van der Waals surface area contributed by atoms with Crippen molar-refractivity contribution >= 4 is 11.9 Å². The van der Waals surface area contributed by atoms with Gasteiger partial charge in [0, 0.05) is 12.8 Å². The quantitative estimate of drug-likeness (QED) is 0.264. The third-order valence-electron chi connectivity index (χ3n) is 5.03. The Bertz CT molecular complexity index is 301. The molecule has 0 aromatic rings. The van der Waals surface area contributed by atoms with Gasteiger partial charge in [-0.15, -0.1) is 0 Å². The van der Waals surface area contributed by atoms with Gasteiger partial charge in [0.15, 0.2) is 0 Å². The highest BCUT2D eigenvalue weighted by molar-refractivity contribution is 5.69. The second kappa shape index (κ2) is 16.4. The monoisotopic (exact) mass is 356 g/mol. The summed E-state index contributed by atoms with van der Waals surface area (Å²) in [6, 6.07) is 0. The molecule has 0 aliphatic rings. The molecular formula is C21H40O4. The molecule has 0 radical (unpaired) electrons. The zero-order chi connectivity index (χ0) is 18.9. The Morgan fingerprint density at radius 2 is 0.920 bits per heavy atom. The average molecular weight is 357 g/mol. The number of rotatable bonds is 16. The predicted octanol–water partition coefficient (Wildman–Crippen LogP) is 5.68. The lowest BCUT2D eigenvalue weighted by molar-refractivity contribution is -0.146. The minimum absolute atomic E-state index is 0.0723. The van der Waals surface area contributed by atoms with Crippen LogP contribution in [0.5, 0.6) is 0 Å². The molecule has 0 fully saturated rings. The fraction of sp³-hybridized carbons (Fsp3) is 0.905. The molecule has 0 rings (SSSR count). The smallest absolute Gasteiger partial charge is 0.305 e. The van der Waals surface area contributed by atoms with Crippen LogP contribution < -0.4 is 0 Å². The van der Waals surface area contributed by atoms with E-state index in [1.807, 2.05) is 0 Å². The molecule has 0 atom stereocenters. The molecule has 0 heterocycles. The van der Waals surface area contributed by atoms with Crippen LogP contribution in [0.15, 0.2) is 0 Å². The number of esters is 2. The number of carbonyl (C=O) groups is 2. The summed E-state index contributed by atoms with van der Waals surface area (Å²) >= 11 is 0. The molecule has 4 nitrogen and oxygen atoms in total. The predicted molar refractivity (Wildman–Crippen MR) is 102 cm³/mol. The van der Waals surface area contributed by atoms with Gasteiger partial charge in [-0.3, -0.25) is 9.59 Å². The fourth-order valence-electron chi connectivity index (χ4n) is 2.68. The van der Waals surface area contributed by atoms with Gasteiger partial charge >= 0.3 is 11.9 Å². The van der Waals surface area contributed by atoms with Crippen molar-refractivity contribution in [2.75, 3.05) is 13.2 Å². The van der Waals surface area contributed by atoms with Crippen LogP contribution in [-0.2, 0) is 19.1 Å². The Morgan fingerprint density at radius 3 is 1.24 bits per heavy atom. The van der Waals surface area contributed by atoms with E-state index in [0.29, 0.717) is 37.9 Å². The van der Waals surface area contributed by atoms with E-state index in [0.717, 1.165) is 57.8 Å². The highest BCUT2D eigenvalue weighted by Crippen LogP contribution is 2.12. The number of hydrogen-bond acceptors (Lipinski definition) is 4. The largest absolute Gasteiger partial charge is 0.465 e. The van der Waals surface area contributed by atoms with Crippen molar-refractivity contribution in [1.29, 1.82) is 0 Å². The van der Waals surface area contributed by atoms with Crippen LogP contribution in [0.1, 0.15) is 98.3 Å². The number of ether oxygens (including phenoxy) is 2. The molecule has 0 spiro atoms. The van der Waals surface area contributed by atoms with E-state index in [-0.39, 0.29) is 11.9 Å². The van der Waals surface area contributed by atoms with Gasteiger partial charge < -0.3 is 9.47 Å². The second-order valence-electron chi connectivity index (χ2n) is 7.00. The van der Waals surface area contributed by atoms with Gasteiger partial charge in [-0.05, 0) is 24.7 Å². The number of hydrogen-bond donors (Lipinski definition) is 0. The molecule has 148 valence electrons. The van der Waals surface area contributed by atoms with Crippen molar-refractivity contribution in [2.24, 2.45) is 11.8 Å². The molecule has 0 amide bonds. The van der Waals surface area contributed by atoms with Gasteiger partial charge in [-0.1, -0.05) is 72.6 Å². The van der Waals surface area contributed by atoms with E-state index in [1.54, 1.807) is 0 Å². The van der Waals surface area contributed by atoms with Crippen molar-refractivity contribution in [3.63, 3.8) is 0 Å². The standard InChI is InChI=1S/C21H40O4/c1-5-18(6-2)16-24-20(22)14-12-10-9-11-13-15-21(23)25-17-19(7-3)8-4/h18-19H,5-17H2,1-4H3. The third-order valence-corrected chi connectivity index (χ3v) is 5.03. The number of unbranched alkanes of at least 4 members (excludes halogenated alkanes) is 4. The van der Waals surface area contributed by atoms with E-state index in [1.165, 1.54) is 0 Å². The maximum atomic E-state index is 11.7. The van der Waals surface area contributed by atoms with Gasteiger partial charge in [0.2, 0.25) is 0 Å². The normalized spacial score (nSPS) is 11.1. The molecule has 4 heteroatoms. The van der Waals surface area contributed by atoms with Gasteiger partial charge in [0.1, 0.15) is 0 Å². The first-order valence-electron chi connectivity index (χ1n) is 10.4. The fourth-order valence-corrected chi connectivity index (χ4v) is 2.68. The first-order valence-corrected chi connectivity index (χ1v) is 10.4. The molecule has 0 aliphatic heterocycles. The lowest BCUT2D eigenvalue weighted by Gasteiger charge is -2.12. The summed E-state index contributed by atoms with van der Waals surface area (Å²) < 4.78 is 10.6. The summed E-state index contributed by atoms with van der Waals surface area (Å²) in [5.41, 5.74) is 0. The molecule has 0 unspecified atom stereocenters. The Morgan fingerprint density at radius 1 is 0.600 bits per heavy atom. The van der Waals surface area contributed by atoms with Crippen LogP contribution >= 0.6 is 0 Å². The van der Waals surface area contributed by atoms with Gasteiger partial charge in [0.05, 0.1) is 13.2 Å². The van der Waals surface area contributed by atoms with Gasteiger partial charge in [0.25, 0.3) is 0 Å². The van der Waals surface area contributed by atoms with Crippen molar-refractivity contribution in [2.45, 2.75) is 98.3 Å². The van der Waals surface area contributed by atoms with E-state index in [4.69, 9.17) is 9.47 Å². The van der Waals surface area contributed by atoms with Crippen LogP contribution in [0.4, 0.5) is 0 Å². The topological polar surface area (TPSA) is 52.6 Å². The van der Waals surface area contributed by atoms with E-state index < -0.39 is 0 Å². The summed E-state index contributed by atoms with van der Waals surface area (Å²) in [7, 11) is 0. The van der Waals surface area contributed by atoms with Crippen LogP contribution in [0.2, 0.25) is 0 Å². The molecule has 0 N–H and O–H groups in total. The zero-order valence-corrected chi connectivity index (χ0v) is 17.0. The van der Waals surface area contributed by atoms with Gasteiger partial charge in [-0.2, -0.15) is 0 Å². The molecular weight excluding hydrogens is 316 g/mol. The van der Waals surface area contributed by atoms with E-state index in [2.05, 4.69) is 27.7 Å². The zero-order valence-electron chi connectivity index (χ0n) is 17.0. The van der Waals surface area contributed by atoms with Crippen LogP contribution in [-0.4, -0.2) is 25.2 Å².